The summed E-state index contributed by atoms with van der Waals surface area (Å²) in [7, 11) is 2.00. The number of benzene rings is 1. The molecule has 0 unspecified atom stereocenters. The molecule has 1 aromatic rings. The van der Waals surface area contributed by atoms with Gasteiger partial charge in [-0.25, -0.2) is 0 Å². The Morgan fingerprint density at radius 2 is 1.85 bits per heavy atom. The molecule has 26 heavy (non-hydrogen) atoms. The third kappa shape index (κ3) is 5.29. The number of nitrogens with zero attached hydrogens (tertiary/aromatic N) is 2. The number of rotatable bonds is 7. The maximum atomic E-state index is 12.5. The number of hydrogen-bond acceptors (Lipinski definition) is 4. The Morgan fingerprint density at radius 1 is 1.15 bits per heavy atom. The van der Waals surface area contributed by atoms with Crippen molar-refractivity contribution in [2.75, 3.05) is 46.4 Å². The fraction of sp³-hybridized carbons (Fsp3) is 0.667. The van der Waals surface area contributed by atoms with Crippen LogP contribution < -0.4 is 5.32 Å². The van der Waals surface area contributed by atoms with E-state index in [0.29, 0.717) is 6.54 Å². The van der Waals surface area contributed by atoms with Gasteiger partial charge in [-0.15, -0.1) is 0 Å². The van der Waals surface area contributed by atoms with Gasteiger partial charge in [0, 0.05) is 31.7 Å². The van der Waals surface area contributed by atoms with Crippen LogP contribution in [-0.4, -0.2) is 67.7 Å². The second-order valence-electron chi connectivity index (χ2n) is 7.82. The number of nitrogens with one attached hydrogen (secondary N) is 1. The average Bonchev–Trinajstić information content (AvgIpc) is 2.68. The van der Waals surface area contributed by atoms with Crippen LogP contribution in [0.15, 0.2) is 30.3 Å². The number of carbonyl (C=O) groups is 1. The molecule has 1 amide bonds. The van der Waals surface area contributed by atoms with Gasteiger partial charge in [0.25, 0.3) is 0 Å². The molecule has 0 atom stereocenters. The van der Waals surface area contributed by atoms with Crippen molar-refractivity contribution >= 4 is 5.91 Å². The molecule has 5 nitrogen and oxygen atoms in total. The molecule has 2 aliphatic rings. The third-order valence-corrected chi connectivity index (χ3v) is 5.79. The van der Waals surface area contributed by atoms with E-state index >= 15 is 0 Å². The summed E-state index contributed by atoms with van der Waals surface area (Å²) in [5, 5.41) is 3.24. The Kier molecular flexibility index (Phi) is 7.06. The van der Waals surface area contributed by atoms with E-state index < -0.39 is 0 Å². The van der Waals surface area contributed by atoms with Crippen molar-refractivity contribution in [1.82, 2.24) is 15.1 Å². The van der Waals surface area contributed by atoms with Crippen molar-refractivity contribution in [3.63, 3.8) is 0 Å². The maximum Gasteiger partial charge on any atom is 0.234 e. The van der Waals surface area contributed by atoms with Crippen molar-refractivity contribution in [3.05, 3.63) is 35.9 Å². The Morgan fingerprint density at radius 3 is 2.54 bits per heavy atom. The van der Waals surface area contributed by atoms with Gasteiger partial charge in [-0.05, 0) is 25.5 Å². The lowest BCUT2D eigenvalue weighted by atomic mass is 9.79. The minimum Gasteiger partial charge on any atom is -0.379 e. The van der Waals surface area contributed by atoms with Crippen LogP contribution >= 0.6 is 0 Å². The van der Waals surface area contributed by atoms with Crippen LogP contribution in [0.3, 0.4) is 0 Å². The van der Waals surface area contributed by atoms with Crippen LogP contribution in [0.25, 0.3) is 0 Å². The van der Waals surface area contributed by atoms with Crippen molar-refractivity contribution in [1.29, 1.82) is 0 Å². The summed E-state index contributed by atoms with van der Waals surface area (Å²) in [4.78, 5) is 17.2. The first-order chi connectivity index (χ1) is 12.7. The summed E-state index contributed by atoms with van der Waals surface area (Å²) >= 11 is 0. The summed E-state index contributed by atoms with van der Waals surface area (Å²) in [6.45, 7) is 5.61. The topological polar surface area (TPSA) is 44.8 Å². The first-order valence-electron chi connectivity index (χ1n) is 10.00. The number of amides is 1. The van der Waals surface area contributed by atoms with E-state index in [1.807, 2.05) is 25.2 Å². The van der Waals surface area contributed by atoms with E-state index in [2.05, 4.69) is 27.2 Å². The van der Waals surface area contributed by atoms with Gasteiger partial charge in [-0.1, -0.05) is 49.6 Å². The fourth-order valence-corrected chi connectivity index (χ4v) is 4.37. The first kappa shape index (κ1) is 19.3. The second kappa shape index (κ2) is 9.49. The molecule has 0 aromatic heterocycles. The van der Waals surface area contributed by atoms with Gasteiger partial charge in [0.2, 0.25) is 5.91 Å². The molecule has 0 radical (unpaired) electrons. The van der Waals surface area contributed by atoms with E-state index in [9.17, 15) is 4.79 Å². The Bertz CT molecular complexity index is 552. The smallest absolute Gasteiger partial charge is 0.234 e. The van der Waals surface area contributed by atoms with E-state index in [4.69, 9.17) is 4.74 Å². The molecule has 1 saturated carbocycles. The van der Waals surface area contributed by atoms with Gasteiger partial charge >= 0.3 is 0 Å². The Labute approximate surface area is 157 Å². The molecule has 1 aliphatic carbocycles. The number of hydrogen-bond donors (Lipinski definition) is 1. The molecule has 3 rings (SSSR count). The SMILES string of the molecule is CN(CC(=O)NCC1(N2CCOCC2)CCCCC1)Cc1ccccc1. The Hall–Kier alpha value is -1.43. The Balaban J connectivity index is 1.50. The number of ether oxygens (including phenoxy) is 1. The minimum absolute atomic E-state index is 0.127. The fourth-order valence-electron chi connectivity index (χ4n) is 4.37. The third-order valence-electron chi connectivity index (χ3n) is 5.79. The molecule has 1 aliphatic heterocycles. The first-order valence-corrected chi connectivity index (χ1v) is 10.00. The molecule has 1 heterocycles. The molecular weight excluding hydrogens is 326 g/mol. The van der Waals surface area contributed by atoms with Gasteiger partial charge in [0.1, 0.15) is 0 Å². The van der Waals surface area contributed by atoms with Crippen LogP contribution in [0.1, 0.15) is 37.7 Å². The summed E-state index contributed by atoms with van der Waals surface area (Å²) in [6, 6.07) is 10.3. The largest absolute Gasteiger partial charge is 0.379 e. The molecule has 1 N–H and O–H groups in total. The molecule has 0 spiro atoms. The minimum atomic E-state index is 0.127. The van der Waals surface area contributed by atoms with Gasteiger partial charge in [-0.3, -0.25) is 14.6 Å². The quantitative estimate of drug-likeness (QED) is 0.811. The van der Waals surface area contributed by atoms with Gasteiger partial charge < -0.3 is 10.1 Å². The molecule has 1 aromatic carbocycles. The lowest BCUT2D eigenvalue weighted by Crippen LogP contribution is -2.60. The van der Waals surface area contributed by atoms with Gasteiger partial charge in [0.15, 0.2) is 0 Å². The van der Waals surface area contributed by atoms with Gasteiger partial charge in [-0.2, -0.15) is 0 Å². The standard InChI is InChI=1S/C21H33N3O2/c1-23(16-19-8-4-2-5-9-19)17-20(25)22-18-21(10-6-3-7-11-21)24-12-14-26-15-13-24/h2,4-5,8-9H,3,6-7,10-18H2,1H3,(H,22,25). The monoisotopic (exact) mass is 359 g/mol. The predicted octanol–water partition coefficient (Wildman–Crippen LogP) is 2.27. The highest BCUT2D eigenvalue weighted by atomic mass is 16.5. The van der Waals surface area contributed by atoms with E-state index in [1.165, 1.54) is 37.7 Å². The van der Waals surface area contributed by atoms with Crippen molar-refractivity contribution in [3.8, 4) is 0 Å². The highest BCUT2D eigenvalue weighted by molar-refractivity contribution is 5.78. The molecule has 1 saturated heterocycles. The number of morpholine rings is 1. The zero-order chi connectivity index (χ0) is 18.2. The lowest BCUT2D eigenvalue weighted by molar-refractivity contribution is -0.123. The van der Waals surface area contributed by atoms with Gasteiger partial charge in [0.05, 0.1) is 19.8 Å². The maximum absolute atomic E-state index is 12.5. The molecule has 2 fully saturated rings. The summed E-state index contributed by atoms with van der Waals surface area (Å²) in [5.74, 6) is 0.127. The highest BCUT2D eigenvalue weighted by Gasteiger charge is 2.38. The normalized spacial score (nSPS) is 20.8. The van der Waals surface area contributed by atoms with Crippen molar-refractivity contribution < 1.29 is 9.53 Å². The van der Waals surface area contributed by atoms with Crippen LogP contribution in [-0.2, 0) is 16.1 Å². The number of carbonyl (C=O) groups excluding carboxylic acids is 1. The van der Waals surface area contributed by atoms with Crippen molar-refractivity contribution in [2.24, 2.45) is 0 Å². The van der Waals surface area contributed by atoms with Crippen LogP contribution in [0, 0.1) is 0 Å². The van der Waals surface area contributed by atoms with E-state index in [0.717, 1.165) is 39.4 Å². The predicted molar refractivity (Wildman–Crippen MR) is 104 cm³/mol. The summed E-state index contributed by atoms with van der Waals surface area (Å²) in [6.07, 6.45) is 6.22. The zero-order valence-electron chi connectivity index (χ0n) is 16.1. The van der Waals surface area contributed by atoms with E-state index in [1.54, 1.807) is 0 Å². The molecule has 0 bridgehead atoms. The summed E-state index contributed by atoms with van der Waals surface area (Å²) in [5.41, 5.74) is 1.37. The zero-order valence-corrected chi connectivity index (χ0v) is 16.1. The van der Waals surface area contributed by atoms with Crippen molar-refractivity contribution in [2.45, 2.75) is 44.2 Å². The molecular formula is C21H33N3O2. The molecule has 5 heteroatoms. The number of likely N-dealkylation sites (N-methyl/N-ethyl adjacent to an activating group) is 1. The second-order valence-corrected chi connectivity index (χ2v) is 7.82. The van der Waals surface area contributed by atoms with Crippen LogP contribution in [0.2, 0.25) is 0 Å². The molecule has 144 valence electrons. The summed E-state index contributed by atoms with van der Waals surface area (Å²) < 4.78 is 5.53. The highest BCUT2D eigenvalue weighted by Crippen LogP contribution is 2.33. The average molecular weight is 360 g/mol. The van der Waals surface area contributed by atoms with E-state index in [-0.39, 0.29) is 11.4 Å². The lowest BCUT2D eigenvalue weighted by Gasteiger charge is -2.48. The van der Waals surface area contributed by atoms with Crippen LogP contribution in [0.5, 0.6) is 0 Å². The van der Waals surface area contributed by atoms with Crippen LogP contribution in [0.4, 0.5) is 0 Å².